The Morgan fingerprint density at radius 3 is 2.58 bits per heavy atom. The Labute approximate surface area is 151 Å². The van der Waals surface area contributed by atoms with Gasteiger partial charge in [-0.25, -0.2) is 4.39 Å². The summed E-state index contributed by atoms with van der Waals surface area (Å²) in [5.41, 5.74) is 13.5. The fourth-order valence-corrected chi connectivity index (χ4v) is 3.04. The van der Waals surface area contributed by atoms with Crippen molar-refractivity contribution in [1.29, 1.82) is 0 Å². The molecule has 0 aliphatic rings. The number of para-hydroxylation sites is 1. The summed E-state index contributed by atoms with van der Waals surface area (Å²) >= 11 is 0. The Bertz CT molecular complexity index is 965. The number of fused-ring (bicyclic) bond motifs is 1. The first-order valence-corrected chi connectivity index (χ1v) is 8.26. The van der Waals surface area contributed by atoms with E-state index >= 15 is 0 Å². The largest absolute Gasteiger partial charge is 0.376 e. The molecule has 3 aromatic rings. The molecule has 1 unspecified atom stereocenters. The number of carbonyl (C=O) groups excluding carboxylic acids is 1. The molecule has 5 N–H and O–H groups in total. The summed E-state index contributed by atoms with van der Waals surface area (Å²) in [5.74, 6) is -0.866. The highest BCUT2D eigenvalue weighted by molar-refractivity contribution is 6.07. The van der Waals surface area contributed by atoms with Gasteiger partial charge in [0.1, 0.15) is 5.82 Å². The Balaban J connectivity index is 2.11. The zero-order valence-corrected chi connectivity index (χ0v) is 14.7. The minimum absolute atomic E-state index is 0.325. The molecule has 5 nitrogen and oxygen atoms in total. The van der Waals surface area contributed by atoms with Gasteiger partial charge in [0.15, 0.2) is 0 Å². The SMILES string of the molecule is CC(C)(N)C(Nc1ccnc2c(C(N)=O)cccc12)c1cccc(F)c1. The third-order valence-electron chi connectivity index (χ3n) is 4.26. The van der Waals surface area contributed by atoms with Crippen LogP contribution in [0.15, 0.2) is 54.7 Å². The topological polar surface area (TPSA) is 94.0 Å². The Kier molecular flexibility index (Phi) is 4.61. The maximum atomic E-state index is 13.7. The van der Waals surface area contributed by atoms with Crippen molar-refractivity contribution < 1.29 is 9.18 Å². The molecule has 0 radical (unpaired) electrons. The van der Waals surface area contributed by atoms with Crippen LogP contribution in [-0.2, 0) is 0 Å². The summed E-state index contributed by atoms with van der Waals surface area (Å²) < 4.78 is 13.7. The van der Waals surface area contributed by atoms with Crippen LogP contribution in [0.2, 0.25) is 0 Å². The number of primary amides is 1. The molecule has 1 heterocycles. The average molecular weight is 352 g/mol. The fraction of sp³-hybridized carbons (Fsp3) is 0.200. The molecule has 0 saturated heterocycles. The maximum absolute atomic E-state index is 13.7. The van der Waals surface area contributed by atoms with Crippen molar-refractivity contribution in [2.45, 2.75) is 25.4 Å². The van der Waals surface area contributed by atoms with Gasteiger partial charge in [0.25, 0.3) is 5.91 Å². The van der Waals surface area contributed by atoms with Crippen molar-refractivity contribution >= 4 is 22.5 Å². The maximum Gasteiger partial charge on any atom is 0.250 e. The van der Waals surface area contributed by atoms with Gasteiger partial charge in [-0.1, -0.05) is 24.3 Å². The number of rotatable bonds is 5. The third kappa shape index (κ3) is 3.50. The van der Waals surface area contributed by atoms with Crippen molar-refractivity contribution in [3.05, 3.63) is 71.7 Å². The van der Waals surface area contributed by atoms with Gasteiger partial charge >= 0.3 is 0 Å². The average Bonchev–Trinajstić information content (AvgIpc) is 2.58. The number of benzene rings is 2. The zero-order valence-electron chi connectivity index (χ0n) is 14.7. The summed E-state index contributed by atoms with van der Waals surface area (Å²) in [6.07, 6.45) is 1.60. The molecule has 0 aliphatic carbocycles. The second kappa shape index (κ2) is 6.72. The van der Waals surface area contributed by atoms with Crippen molar-refractivity contribution in [3.63, 3.8) is 0 Å². The van der Waals surface area contributed by atoms with Crippen LogP contribution in [0, 0.1) is 5.82 Å². The van der Waals surface area contributed by atoms with Crippen LogP contribution < -0.4 is 16.8 Å². The molecule has 134 valence electrons. The Morgan fingerprint density at radius 1 is 1.19 bits per heavy atom. The minimum Gasteiger partial charge on any atom is -0.376 e. The number of hydrogen-bond acceptors (Lipinski definition) is 4. The lowest BCUT2D eigenvalue weighted by Gasteiger charge is -2.33. The first-order chi connectivity index (χ1) is 12.3. The lowest BCUT2D eigenvalue weighted by atomic mass is 9.89. The summed E-state index contributed by atoms with van der Waals surface area (Å²) in [5, 5.41) is 4.13. The third-order valence-corrected chi connectivity index (χ3v) is 4.26. The van der Waals surface area contributed by atoms with Crippen LogP contribution in [0.25, 0.3) is 10.9 Å². The quantitative estimate of drug-likeness (QED) is 0.656. The monoisotopic (exact) mass is 352 g/mol. The predicted molar refractivity (Wildman–Crippen MR) is 101 cm³/mol. The highest BCUT2D eigenvalue weighted by Gasteiger charge is 2.27. The standard InChI is InChI=1S/C20H21FN4O/c1-20(2,23)18(12-5-3-6-13(21)11-12)25-16-9-10-24-17-14(16)7-4-8-15(17)19(22)26/h3-11,18H,23H2,1-2H3,(H2,22,26)(H,24,25). The number of nitrogens with zero attached hydrogens (tertiary/aromatic N) is 1. The van der Waals surface area contributed by atoms with Crippen LogP contribution in [0.1, 0.15) is 35.8 Å². The van der Waals surface area contributed by atoms with E-state index in [4.69, 9.17) is 11.5 Å². The number of hydrogen-bond donors (Lipinski definition) is 3. The van der Waals surface area contributed by atoms with E-state index < -0.39 is 11.4 Å². The van der Waals surface area contributed by atoms with Crippen LogP contribution in [0.3, 0.4) is 0 Å². The second-order valence-electron chi connectivity index (χ2n) is 6.88. The van der Waals surface area contributed by atoms with Crippen molar-refractivity contribution in [3.8, 4) is 0 Å². The van der Waals surface area contributed by atoms with E-state index in [1.165, 1.54) is 12.1 Å². The van der Waals surface area contributed by atoms with Gasteiger partial charge in [-0.05, 0) is 43.7 Å². The molecule has 0 spiro atoms. The molecule has 2 aromatic carbocycles. The van der Waals surface area contributed by atoms with Gasteiger partial charge in [-0.2, -0.15) is 0 Å². The van der Waals surface area contributed by atoms with E-state index in [2.05, 4.69) is 10.3 Å². The van der Waals surface area contributed by atoms with E-state index in [9.17, 15) is 9.18 Å². The van der Waals surface area contributed by atoms with E-state index in [0.717, 1.165) is 16.6 Å². The van der Waals surface area contributed by atoms with E-state index in [0.29, 0.717) is 11.1 Å². The molecule has 0 saturated carbocycles. The number of aromatic nitrogens is 1. The lowest BCUT2D eigenvalue weighted by molar-refractivity contribution is 0.100. The van der Waals surface area contributed by atoms with Gasteiger partial charge in [0, 0.05) is 22.8 Å². The highest BCUT2D eigenvalue weighted by atomic mass is 19.1. The summed E-state index contributed by atoms with van der Waals surface area (Å²) in [6, 6.07) is 13.0. The number of nitrogens with one attached hydrogen (secondary N) is 1. The molecular formula is C20H21FN4O. The number of halogens is 1. The first-order valence-electron chi connectivity index (χ1n) is 8.26. The highest BCUT2D eigenvalue weighted by Crippen LogP contribution is 2.32. The van der Waals surface area contributed by atoms with Crippen molar-refractivity contribution in [1.82, 2.24) is 4.98 Å². The smallest absolute Gasteiger partial charge is 0.250 e. The zero-order chi connectivity index (χ0) is 18.9. The van der Waals surface area contributed by atoms with E-state index in [1.807, 2.05) is 26.0 Å². The molecule has 3 rings (SSSR count). The van der Waals surface area contributed by atoms with Gasteiger partial charge in [0.05, 0.1) is 17.1 Å². The molecule has 1 amide bonds. The Hall–Kier alpha value is -2.99. The summed E-state index contributed by atoms with van der Waals surface area (Å²) in [7, 11) is 0. The number of carbonyl (C=O) groups is 1. The normalized spacial score (nSPS) is 12.8. The molecule has 26 heavy (non-hydrogen) atoms. The van der Waals surface area contributed by atoms with Gasteiger partial charge < -0.3 is 16.8 Å². The van der Waals surface area contributed by atoms with Crippen LogP contribution in [0.4, 0.5) is 10.1 Å². The van der Waals surface area contributed by atoms with Crippen molar-refractivity contribution in [2.24, 2.45) is 11.5 Å². The minimum atomic E-state index is -0.676. The van der Waals surface area contributed by atoms with Crippen LogP contribution >= 0.6 is 0 Å². The molecule has 1 aromatic heterocycles. The number of amides is 1. The van der Waals surface area contributed by atoms with Gasteiger partial charge in [0.2, 0.25) is 0 Å². The Morgan fingerprint density at radius 2 is 1.92 bits per heavy atom. The van der Waals surface area contributed by atoms with Crippen LogP contribution in [-0.4, -0.2) is 16.4 Å². The molecule has 0 fully saturated rings. The summed E-state index contributed by atoms with van der Waals surface area (Å²) in [6.45, 7) is 3.74. The molecule has 6 heteroatoms. The lowest BCUT2D eigenvalue weighted by Crippen LogP contribution is -2.43. The molecule has 0 bridgehead atoms. The van der Waals surface area contributed by atoms with Crippen LogP contribution in [0.5, 0.6) is 0 Å². The van der Waals surface area contributed by atoms with Gasteiger partial charge in [-0.15, -0.1) is 0 Å². The van der Waals surface area contributed by atoms with Crippen molar-refractivity contribution in [2.75, 3.05) is 5.32 Å². The van der Waals surface area contributed by atoms with E-state index in [1.54, 1.807) is 30.5 Å². The summed E-state index contributed by atoms with van der Waals surface area (Å²) in [4.78, 5) is 16.0. The number of nitrogens with two attached hydrogens (primary N) is 2. The first kappa shape index (κ1) is 17.8. The van der Waals surface area contributed by atoms with E-state index in [-0.39, 0.29) is 11.9 Å². The fourth-order valence-electron chi connectivity index (χ4n) is 3.04. The number of pyridine rings is 1. The second-order valence-corrected chi connectivity index (χ2v) is 6.88. The predicted octanol–water partition coefficient (Wildman–Crippen LogP) is 3.36. The molecule has 0 aliphatic heterocycles. The number of anilines is 1. The molecule has 1 atom stereocenters. The van der Waals surface area contributed by atoms with Gasteiger partial charge in [-0.3, -0.25) is 9.78 Å². The molecular weight excluding hydrogens is 331 g/mol.